The van der Waals surface area contributed by atoms with Crippen LogP contribution in [0.15, 0.2) is 78.9 Å². The monoisotopic (exact) mass is 620 g/mol. The number of carboxylic acid groups (broad SMARTS) is 1. The lowest BCUT2D eigenvalue weighted by Gasteiger charge is -2.32. The fraction of sp³-hybridized carbons (Fsp3) is 0.303. The molecular weight excluding hydrogens is 584 g/mol. The molecule has 226 valence electrons. The van der Waals surface area contributed by atoms with Crippen LogP contribution in [0.5, 0.6) is 5.75 Å². The van der Waals surface area contributed by atoms with Crippen LogP contribution in [0.2, 0.25) is 0 Å². The summed E-state index contributed by atoms with van der Waals surface area (Å²) in [7, 11) is 2.15. The van der Waals surface area contributed by atoms with E-state index in [9.17, 15) is 14.7 Å². The summed E-state index contributed by atoms with van der Waals surface area (Å²) in [5.74, 6) is -0.427. The minimum absolute atomic E-state index is 0. The molecule has 0 bridgehead atoms. The van der Waals surface area contributed by atoms with Crippen molar-refractivity contribution in [2.45, 2.75) is 25.8 Å². The first kappa shape index (κ1) is 32.0. The molecular formula is C33H37ClN4O4S. The van der Waals surface area contributed by atoms with E-state index in [1.807, 2.05) is 42.5 Å². The SMILES string of the molecule is Cc1sc(N2CCN(C)CC2)nc1CCOc1ccc(C[C@H](Nc2ccccc2C(=O)c2ccccc2)C(=O)O)cc1.Cl. The van der Waals surface area contributed by atoms with Crippen molar-refractivity contribution in [3.63, 3.8) is 0 Å². The first-order valence-electron chi connectivity index (χ1n) is 14.2. The number of piperazine rings is 1. The highest BCUT2D eigenvalue weighted by molar-refractivity contribution is 7.15. The van der Waals surface area contributed by atoms with E-state index in [-0.39, 0.29) is 24.6 Å². The molecule has 0 aliphatic carbocycles. The quantitative estimate of drug-likeness (QED) is 0.198. The average molecular weight is 621 g/mol. The topological polar surface area (TPSA) is 95.0 Å². The van der Waals surface area contributed by atoms with Crippen LogP contribution < -0.4 is 15.0 Å². The molecule has 1 aliphatic rings. The zero-order valence-electron chi connectivity index (χ0n) is 24.4. The van der Waals surface area contributed by atoms with Crippen molar-refractivity contribution in [1.82, 2.24) is 9.88 Å². The smallest absolute Gasteiger partial charge is 0.326 e. The fourth-order valence-electron chi connectivity index (χ4n) is 4.94. The van der Waals surface area contributed by atoms with Gasteiger partial charge in [0.1, 0.15) is 11.8 Å². The van der Waals surface area contributed by atoms with Crippen LogP contribution >= 0.6 is 23.7 Å². The number of carboxylic acids is 1. The minimum atomic E-state index is -0.994. The molecule has 2 N–H and O–H groups in total. The number of likely N-dealkylation sites (N-methyl/N-ethyl adjacent to an activating group) is 1. The Balaban J connectivity index is 0.00000423. The number of hydrogen-bond acceptors (Lipinski definition) is 8. The molecule has 0 saturated carbocycles. The molecule has 1 aromatic heterocycles. The third kappa shape index (κ3) is 8.34. The Bertz CT molecular complexity index is 1510. The zero-order valence-corrected chi connectivity index (χ0v) is 26.0. The highest BCUT2D eigenvalue weighted by Crippen LogP contribution is 2.27. The molecule has 4 aromatic rings. The third-order valence-electron chi connectivity index (χ3n) is 7.46. The molecule has 3 aromatic carbocycles. The van der Waals surface area contributed by atoms with Gasteiger partial charge in [0.05, 0.1) is 12.3 Å². The van der Waals surface area contributed by atoms with Crippen LogP contribution in [0.4, 0.5) is 10.8 Å². The Morgan fingerprint density at radius 3 is 2.35 bits per heavy atom. The van der Waals surface area contributed by atoms with Crippen molar-refractivity contribution < 1.29 is 19.4 Å². The van der Waals surface area contributed by atoms with Crippen LogP contribution in [0.1, 0.15) is 32.1 Å². The Hall–Kier alpha value is -3.92. The van der Waals surface area contributed by atoms with Crippen LogP contribution in [-0.2, 0) is 17.6 Å². The van der Waals surface area contributed by atoms with Gasteiger partial charge in [-0.3, -0.25) is 4.79 Å². The zero-order chi connectivity index (χ0) is 29.5. The van der Waals surface area contributed by atoms with Gasteiger partial charge in [-0.1, -0.05) is 54.6 Å². The number of rotatable bonds is 12. The molecule has 0 amide bonds. The summed E-state index contributed by atoms with van der Waals surface area (Å²) in [6.07, 6.45) is 0.973. The molecule has 43 heavy (non-hydrogen) atoms. The van der Waals surface area contributed by atoms with Crippen molar-refractivity contribution in [2.75, 3.05) is 50.1 Å². The van der Waals surface area contributed by atoms with Crippen LogP contribution in [0, 0.1) is 6.92 Å². The number of ether oxygens (including phenoxy) is 1. The number of aryl methyl sites for hydroxylation is 1. The second-order valence-electron chi connectivity index (χ2n) is 10.5. The number of carbonyl (C=O) groups excluding carboxylic acids is 1. The number of para-hydroxylation sites is 1. The number of halogens is 1. The Labute approximate surface area is 262 Å². The van der Waals surface area contributed by atoms with E-state index in [0.717, 1.165) is 54.7 Å². The van der Waals surface area contributed by atoms with Crippen molar-refractivity contribution in [2.24, 2.45) is 0 Å². The summed E-state index contributed by atoms with van der Waals surface area (Å²) >= 11 is 1.75. The van der Waals surface area contributed by atoms with Gasteiger partial charge in [0.2, 0.25) is 0 Å². The normalized spacial score (nSPS) is 14.0. The number of aliphatic carboxylic acids is 1. The predicted octanol–water partition coefficient (Wildman–Crippen LogP) is 5.59. The van der Waals surface area contributed by atoms with E-state index < -0.39 is 12.0 Å². The van der Waals surface area contributed by atoms with Gasteiger partial charge in [0.25, 0.3) is 0 Å². The van der Waals surface area contributed by atoms with Crippen molar-refractivity contribution >= 4 is 46.3 Å². The lowest BCUT2D eigenvalue weighted by molar-refractivity contribution is -0.137. The van der Waals surface area contributed by atoms with Gasteiger partial charge in [-0.2, -0.15) is 0 Å². The molecule has 0 spiro atoms. The van der Waals surface area contributed by atoms with Crippen molar-refractivity contribution in [3.05, 3.63) is 106 Å². The molecule has 8 nitrogen and oxygen atoms in total. The molecule has 0 radical (unpaired) electrons. The maximum atomic E-state index is 13.1. The van der Waals surface area contributed by atoms with Crippen molar-refractivity contribution in [3.8, 4) is 5.75 Å². The molecule has 1 atom stereocenters. The van der Waals surface area contributed by atoms with Gasteiger partial charge in [0, 0.05) is 60.7 Å². The number of carbonyl (C=O) groups is 2. The molecule has 10 heteroatoms. The summed E-state index contributed by atoms with van der Waals surface area (Å²) in [5, 5.41) is 14.1. The molecule has 2 heterocycles. The number of ketones is 1. The van der Waals surface area contributed by atoms with Crippen LogP contribution in [0.3, 0.4) is 0 Å². The number of nitrogens with one attached hydrogen (secondary N) is 1. The number of anilines is 2. The van der Waals surface area contributed by atoms with Crippen LogP contribution in [-0.4, -0.2) is 72.6 Å². The Morgan fingerprint density at radius 1 is 0.977 bits per heavy atom. The number of thiazole rings is 1. The largest absolute Gasteiger partial charge is 0.493 e. The molecule has 0 unspecified atom stereocenters. The highest BCUT2D eigenvalue weighted by atomic mass is 35.5. The highest BCUT2D eigenvalue weighted by Gasteiger charge is 2.22. The fourth-order valence-corrected chi connectivity index (χ4v) is 5.95. The van der Waals surface area contributed by atoms with Crippen molar-refractivity contribution in [1.29, 1.82) is 0 Å². The number of aromatic nitrogens is 1. The van der Waals surface area contributed by atoms with Gasteiger partial charge in [-0.25, -0.2) is 9.78 Å². The summed E-state index contributed by atoms with van der Waals surface area (Å²) in [6, 6.07) is 22.6. The first-order valence-corrected chi connectivity index (χ1v) is 15.0. The van der Waals surface area contributed by atoms with E-state index in [1.54, 1.807) is 47.7 Å². The second-order valence-corrected chi connectivity index (χ2v) is 11.7. The van der Waals surface area contributed by atoms with E-state index in [0.29, 0.717) is 23.4 Å². The minimum Gasteiger partial charge on any atom is -0.493 e. The Kier molecular flexibility index (Phi) is 11.2. The van der Waals surface area contributed by atoms with E-state index in [1.165, 1.54) is 4.88 Å². The molecule has 1 aliphatic heterocycles. The second kappa shape index (κ2) is 15.0. The van der Waals surface area contributed by atoms with Gasteiger partial charge in [-0.15, -0.1) is 23.7 Å². The lowest BCUT2D eigenvalue weighted by Crippen LogP contribution is -2.44. The number of nitrogens with zero attached hydrogens (tertiary/aromatic N) is 3. The predicted molar refractivity (Wildman–Crippen MR) is 175 cm³/mol. The summed E-state index contributed by atoms with van der Waals surface area (Å²) < 4.78 is 6.00. The van der Waals surface area contributed by atoms with E-state index in [2.05, 4.69) is 29.1 Å². The number of benzene rings is 3. The molecule has 1 saturated heterocycles. The maximum Gasteiger partial charge on any atom is 0.326 e. The lowest BCUT2D eigenvalue weighted by atomic mass is 10.00. The first-order chi connectivity index (χ1) is 20.4. The molecule has 5 rings (SSSR count). The van der Waals surface area contributed by atoms with E-state index >= 15 is 0 Å². The average Bonchev–Trinajstić information content (AvgIpc) is 3.38. The molecule has 1 fully saturated rings. The summed E-state index contributed by atoms with van der Waals surface area (Å²) in [4.78, 5) is 36.1. The third-order valence-corrected chi connectivity index (χ3v) is 8.54. The number of hydrogen-bond donors (Lipinski definition) is 2. The summed E-state index contributed by atoms with van der Waals surface area (Å²) in [5.41, 5.74) is 3.40. The van der Waals surface area contributed by atoms with Gasteiger partial charge in [-0.05, 0) is 43.8 Å². The van der Waals surface area contributed by atoms with Gasteiger partial charge < -0.3 is 25.0 Å². The van der Waals surface area contributed by atoms with Crippen LogP contribution in [0.25, 0.3) is 0 Å². The van der Waals surface area contributed by atoms with Gasteiger partial charge >= 0.3 is 5.97 Å². The van der Waals surface area contributed by atoms with Gasteiger partial charge in [0.15, 0.2) is 10.9 Å². The standard InChI is InChI=1S/C33H36N4O4S.ClH/c1-23-28(35-33(42-23)37-19-17-36(2)18-20-37)16-21-41-26-14-12-24(13-15-26)22-30(32(39)40)34-29-11-7-6-10-27(29)31(38)25-8-4-3-5-9-25;/h3-15,30,34H,16-22H2,1-2H3,(H,39,40);1H/t30-;/m0./s1. The maximum absolute atomic E-state index is 13.1. The summed E-state index contributed by atoms with van der Waals surface area (Å²) in [6.45, 7) is 6.74. The van der Waals surface area contributed by atoms with E-state index in [4.69, 9.17) is 9.72 Å². The Morgan fingerprint density at radius 2 is 1.65 bits per heavy atom.